The monoisotopic (exact) mass is 235 g/mol. The minimum atomic E-state index is -4.67. The lowest BCUT2D eigenvalue weighted by atomic mass is 10.3. The van der Waals surface area contributed by atoms with E-state index in [1.165, 1.54) is 0 Å². The van der Waals surface area contributed by atoms with Crippen LogP contribution in [-0.4, -0.2) is 36.7 Å². The topological polar surface area (TPSA) is 98.1 Å². The molecule has 0 aromatic heterocycles. The predicted octanol–water partition coefficient (Wildman–Crippen LogP) is 0.805. The van der Waals surface area contributed by atoms with Gasteiger partial charge in [-0.2, -0.15) is 8.42 Å². The second-order valence-corrected chi connectivity index (χ2v) is 3.75. The second-order valence-electron chi connectivity index (χ2n) is 2.86. The van der Waals surface area contributed by atoms with Crippen LogP contribution in [0.1, 0.15) is 0 Å². The number of benzene rings is 1. The molecule has 0 aliphatic carbocycles. The summed E-state index contributed by atoms with van der Waals surface area (Å²) in [6.45, 7) is 0. The van der Waals surface area contributed by atoms with E-state index in [-0.39, 0.29) is 0 Å². The Labute approximate surface area is 88.4 Å². The van der Waals surface area contributed by atoms with Crippen LogP contribution in [-0.2, 0) is 10.4 Å². The first-order valence-electron chi connectivity index (χ1n) is 3.86. The summed E-state index contributed by atoms with van der Waals surface area (Å²) in [7, 11) is -0.737. The van der Waals surface area contributed by atoms with Crippen molar-refractivity contribution >= 4 is 16.1 Å². The van der Waals surface area contributed by atoms with Crippen molar-refractivity contribution in [1.82, 2.24) is 0 Å². The van der Waals surface area contributed by atoms with Crippen molar-refractivity contribution in [2.24, 2.45) is 0 Å². The Kier molecular flexibility index (Phi) is 5.06. The number of anilines is 1. The molecule has 1 aromatic carbocycles. The summed E-state index contributed by atoms with van der Waals surface area (Å²) in [4.78, 5) is 1.99. The van der Waals surface area contributed by atoms with Crippen molar-refractivity contribution < 1.29 is 22.6 Å². The van der Waals surface area contributed by atoms with Gasteiger partial charge in [0.1, 0.15) is 5.75 Å². The molecule has 0 atom stereocenters. The fraction of sp³-hybridized carbons (Fsp3) is 0.250. The number of phenols is 1. The molecule has 0 bridgehead atoms. The van der Waals surface area contributed by atoms with E-state index in [1.54, 1.807) is 12.1 Å². The first kappa shape index (κ1) is 13.7. The molecule has 1 aromatic rings. The average Bonchev–Trinajstić information content (AvgIpc) is 2.01. The van der Waals surface area contributed by atoms with Crippen molar-refractivity contribution in [3.8, 4) is 5.75 Å². The lowest BCUT2D eigenvalue weighted by Gasteiger charge is -2.11. The SMILES string of the molecule is CN(C)c1ccc(O)cc1.O=S(=O)(O)O. The van der Waals surface area contributed by atoms with Gasteiger partial charge in [0, 0.05) is 19.8 Å². The first-order valence-corrected chi connectivity index (χ1v) is 5.26. The molecular formula is C8H13NO5S. The van der Waals surface area contributed by atoms with Gasteiger partial charge < -0.3 is 10.0 Å². The number of phenolic OH excluding ortho intramolecular Hbond substituents is 1. The molecule has 0 heterocycles. The molecule has 0 spiro atoms. The number of nitrogens with zero attached hydrogens (tertiary/aromatic N) is 1. The van der Waals surface area contributed by atoms with Crippen LogP contribution < -0.4 is 4.90 Å². The van der Waals surface area contributed by atoms with Gasteiger partial charge in [-0.3, -0.25) is 9.11 Å². The molecule has 0 fully saturated rings. The van der Waals surface area contributed by atoms with Crippen LogP contribution in [0.2, 0.25) is 0 Å². The molecule has 0 aliphatic heterocycles. The molecule has 1 rings (SSSR count). The maximum atomic E-state index is 8.92. The van der Waals surface area contributed by atoms with E-state index in [9.17, 15) is 0 Å². The van der Waals surface area contributed by atoms with Gasteiger partial charge in [-0.15, -0.1) is 0 Å². The molecule has 0 unspecified atom stereocenters. The van der Waals surface area contributed by atoms with E-state index in [4.69, 9.17) is 22.6 Å². The summed E-state index contributed by atoms with van der Waals surface area (Å²) in [5.41, 5.74) is 1.10. The number of hydrogen-bond acceptors (Lipinski definition) is 4. The molecule has 0 radical (unpaired) electrons. The zero-order valence-electron chi connectivity index (χ0n) is 8.32. The van der Waals surface area contributed by atoms with Gasteiger partial charge in [0.25, 0.3) is 0 Å². The fourth-order valence-corrected chi connectivity index (χ4v) is 0.751. The zero-order chi connectivity index (χ0) is 12.1. The molecule has 0 saturated heterocycles. The quantitative estimate of drug-likeness (QED) is 0.623. The third-order valence-corrected chi connectivity index (χ3v) is 1.37. The maximum absolute atomic E-state index is 8.92. The van der Waals surface area contributed by atoms with Gasteiger partial charge in [0.15, 0.2) is 0 Å². The molecule has 0 saturated carbocycles. The minimum absolute atomic E-state index is 0.311. The molecule has 7 heteroatoms. The molecular weight excluding hydrogens is 222 g/mol. The van der Waals surface area contributed by atoms with Crippen molar-refractivity contribution in [2.45, 2.75) is 0 Å². The Morgan fingerprint density at radius 2 is 1.40 bits per heavy atom. The Hall–Kier alpha value is -1.31. The zero-order valence-corrected chi connectivity index (χ0v) is 9.14. The highest BCUT2D eigenvalue weighted by molar-refractivity contribution is 7.79. The van der Waals surface area contributed by atoms with Crippen LogP contribution in [0.25, 0.3) is 0 Å². The van der Waals surface area contributed by atoms with Crippen molar-refractivity contribution in [3.63, 3.8) is 0 Å². The number of hydrogen-bond donors (Lipinski definition) is 3. The Balaban J connectivity index is 0.000000336. The third-order valence-electron chi connectivity index (χ3n) is 1.37. The highest BCUT2D eigenvalue weighted by Gasteiger charge is 1.92. The Morgan fingerprint density at radius 3 is 1.67 bits per heavy atom. The van der Waals surface area contributed by atoms with E-state index in [2.05, 4.69) is 0 Å². The van der Waals surface area contributed by atoms with Crippen LogP contribution >= 0.6 is 0 Å². The van der Waals surface area contributed by atoms with Crippen LogP contribution in [0.3, 0.4) is 0 Å². The smallest absolute Gasteiger partial charge is 0.394 e. The summed E-state index contributed by atoms with van der Waals surface area (Å²) < 4.78 is 31.6. The molecule has 15 heavy (non-hydrogen) atoms. The van der Waals surface area contributed by atoms with Gasteiger partial charge in [-0.05, 0) is 24.3 Å². The van der Waals surface area contributed by atoms with Gasteiger partial charge in [0.05, 0.1) is 0 Å². The molecule has 86 valence electrons. The number of rotatable bonds is 1. The number of aromatic hydroxyl groups is 1. The lowest BCUT2D eigenvalue weighted by molar-refractivity contribution is 0.381. The van der Waals surface area contributed by atoms with E-state index < -0.39 is 10.4 Å². The maximum Gasteiger partial charge on any atom is 0.394 e. The normalized spacial score (nSPS) is 10.1. The summed E-state index contributed by atoms with van der Waals surface area (Å²) in [6.07, 6.45) is 0. The van der Waals surface area contributed by atoms with Crippen LogP contribution in [0.5, 0.6) is 5.75 Å². The predicted molar refractivity (Wildman–Crippen MR) is 56.6 cm³/mol. The lowest BCUT2D eigenvalue weighted by Crippen LogP contribution is -2.07. The van der Waals surface area contributed by atoms with Crippen molar-refractivity contribution in [1.29, 1.82) is 0 Å². The van der Waals surface area contributed by atoms with Crippen LogP contribution in [0.4, 0.5) is 5.69 Å². The largest absolute Gasteiger partial charge is 0.508 e. The summed E-state index contributed by atoms with van der Waals surface area (Å²) >= 11 is 0. The fourth-order valence-electron chi connectivity index (χ4n) is 0.751. The molecule has 6 nitrogen and oxygen atoms in total. The van der Waals surface area contributed by atoms with Gasteiger partial charge in [-0.1, -0.05) is 0 Å². The Morgan fingerprint density at radius 1 is 1.07 bits per heavy atom. The summed E-state index contributed by atoms with van der Waals surface area (Å²) in [5, 5.41) is 8.92. The van der Waals surface area contributed by atoms with Gasteiger partial charge in [-0.25, -0.2) is 0 Å². The van der Waals surface area contributed by atoms with Gasteiger partial charge in [0.2, 0.25) is 0 Å². The van der Waals surface area contributed by atoms with Gasteiger partial charge >= 0.3 is 10.4 Å². The summed E-state index contributed by atoms with van der Waals surface area (Å²) in [6, 6.07) is 7.09. The summed E-state index contributed by atoms with van der Waals surface area (Å²) in [5.74, 6) is 0.311. The molecule has 3 N–H and O–H groups in total. The third kappa shape index (κ3) is 9.01. The van der Waals surface area contributed by atoms with Crippen molar-refractivity contribution in [3.05, 3.63) is 24.3 Å². The standard InChI is InChI=1S/C8H11NO.H2O4S/c1-9(2)7-3-5-8(10)6-4-7;1-5(2,3)4/h3-6,10H,1-2H3;(H2,1,2,3,4). The highest BCUT2D eigenvalue weighted by atomic mass is 32.3. The highest BCUT2D eigenvalue weighted by Crippen LogP contribution is 2.15. The van der Waals surface area contributed by atoms with E-state index in [1.807, 2.05) is 31.1 Å². The second kappa shape index (κ2) is 5.54. The molecule has 0 aliphatic rings. The first-order chi connectivity index (χ1) is 6.70. The van der Waals surface area contributed by atoms with Crippen molar-refractivity contribution in [2.75, 3.05) is 19.0 Å². The average molecular weight is 235 g/mol. The van der Waals surface area contributed by atoms with E-state index >= 15 is 0 Å². The van der Waals surface area contributed by atoms with E-state index in [0.717, 1.165) is 5.69 Å². The van der Waals surface area contributed by atoms with Crippen LogP contribution in [0, 0.1) is 0 Å². The minimum Gasteiger partial charge on any atom is -0.508 e. The molecule has 0 amide bonds. The van der Waals surface area contributed by atoms with E-state index in [0.29, 0.717) is 5.75 Å². The Bertz CT molecular complexity index is 376. The van der Waals surface area contributed by atoms with Crippen LogP contribution in [0.15, 0.2) is 24.3 Å².